The molecule has 0 aliphatic heterocycles. The number of hydrogen-bond acceptors (Lipinski definition) is 4. The molecule has 1 fully saturated rings. The fraction of sp³-hybridized carbons (Fsp3) is 0.389. The second-order valence-corrected chi connectivity index (χ2v) is 6.28. The number of amides is 1. The smallest absolute Gasteiger partial charge is 0.294 e. The van der Waals surface area contributed by atoms with E-state index in [9.17, 15) is 14.7 Å². The van der Waals surface area contributed by atoms with Crippen molar-refractivity contribution >= 4 is 11.7 Å². The fourth-order valence-electron chi connectivity index (χ4n) is 3.12. The maximum atomic E-state index is 12.4. The zero-order chi connectivity index (χ0) is 17.1. The van der Waals surface area contributed by atoms with E-state index < -0.39 is 11.7 Å². The molecule has 0 bridgehead atoms. The molecule has 2 aromatic rings. The summed E-state index contributed by atoms with van der Waals surface area (Å²) in [6.07, 6.45) is 5.21. The van der Waals surface area contributed by atoms with Gasteiger partial charge in [0.2, 0.25) is 0 Å². The highest BCUT2D eigenvalue weighted by atomic mass is 16.3. The number of carbonyl (C=O) groups excluding carboxylic acids is 2. The van der Waals surface area contributed by atoms with Crippen molar-refractivity contribution in [3.8, 4) is 5.69 Å². The van der Waals surface area contributed by atoms with Crippen LogP contribution in [0.3, 0.4) is 0 Å². The maximum absolute atomic E-state index is 12.4. The van der Waals surface area contributed by atoms with Crippen molar-refractivity contribution in [1.29, 1.82) is 0 Å². The van der Waals surface area contributed by atoms with Gasteiger partial charge in [-0.1, -0.05) is 24.6 Å². The molecular weight excluding hydrogens is 306 g/mol. The highest BCUT2D eigenvalue weighted by molar-refractivity contribution is 6.42. The second-order valence-electron chi connectivity index (χ2n) is 6.28. The van der Waals surface area contributed by atoms with Crippen molar-refractivity contribution in [2.24, 2.45) is 5.92 Å². The Morgan fingerprint density at radius 2 is 2.04 bits per heavy atom. The normalized spacial score (nSPS) is 20.1. The highest BCUT2D eigenvalue weighted by Crippen LogP contribution is 2.26. The SMILES string of the molecule is CN(CC1CCCC1O)C(=O)C(=O)c1cnn(-c2ccccc2)c1. The van der Waals surface area contributed by atoms with Gasteiger partial charge in [0.05, 0.1) is 23.6 Å². The Morgan fingerprint density at radius 3 is 2.71 bits per heavy atom. The van der Waals surface area contributed by atoms with E-state index in [0.29, 0.717) is 6.54 Å². The van der Waals surface area contributed by atoms with E-state index in [1.165, 1.54) is 11.1 Å². The largest absolute Gasteiger partial charge is 0.393 e. The Morgan fingerprint density at radius 1 is 1.29 bits per heavy atom. The van der Waals surface area contributed by atoms with Crippen molar-refractivity contribution in [3.63, 3.8) is 0 Å². The van der Waals surface area contributed by atoms with Gasteiger partial charge < -0.3 is 10.0 Å². The van der Waals surface area contributed by atoms with Gasteiger partial charge >= 0.3 is 0 Å². The summed E-state index contributed by atoms with van der Waals surface area (Å²) in [7, 11) is 1.60. The molecule has 2 atom stereocenters. The Bertz CT molecular complexity index is 726. The van der Waals surface area contributed by atoms with Gasteiger partial charge in [0.1, 0.15) is 0 Å². The maximum Gasteiger partial charge on any atom is 0.294 e. The number of aliphatic hydroxyl groups excluding tert-OH is 1. The fourth-order valence-corrected chi connectivity index (χ4v) is 3.12. The number of rotatable bonds is 5. The molecule has 24 heavy (non-hydrogen) atoms. The first-order valence-corrected chi connectivity index (χ1v) is 8.14. The number of aromatic nitrogens is 2. The van der Waals surface area contributed by atoms with Crippen LogP contribution in [0.4, 0.5) is 0 Å². The van der Waals surface area contributed by atoms with Gasteiger partial charge in [0, 0.05) is 25.7 Å². The minimum atomic E-state index is -0.577. The zero-order valence-electron chi connectivity index (χ0n) is 13.6. The number of hydrogen-bond donors (Lipinski definition) is 1. The van der Waals surface area contributed by atoms with E-state index in [4.69, 9.17) is 0 Å². The Kier molecular flexibility index (Phi) is 4.76. The topological polar surface area (TPSA) is 75.4 Å². The summed E-state index contributed by atoms with van der Waals surface area (Å²) in [5.41, 5.74) is 1.09. The minimum absolute atomic E-state index is 0.0544. The van der Waals surface area contributed by atoms with Crippen LogP contribution in [0.1, 0.15) is 29.6 Å². The quantitative estimate of drug-likeness (QED) is 0.669. The minimum Gasteiger partial charge on any atom is -0.393 e. The van der Waals surface area contributed by atoms with Crippen molar-refractivity contribution < 1.29 is 14.7 Å². The van der Waals surface area contributed by atoms with Gasteiger partial charge in [-0.25, -0.2) is 4.68 Å². The summed E-state index contributed by atoms with van der Waals surface area (Å²) in [6, 6.07) is 9.40. The molecule has 3 rings (SSSR count). The van der Waals surface area contributed by atoms with Crippen LogP contribution in [0, 0.1) is 5.92 Å². The molecule has 0 spiro atoms. The van der Waals surface area contributed by atoms with Gasteiger partial charge in [-0.15, -0.1) is 0 Å². The molecule has 0 radical (unpaired) electrons. The van der Waals surface area contributed by atoms with E-state index in [2.05, 4.69) is 5.10 Å². The summed E-state index contributed by atoms with van der Waals surface area (Å²) in [5.74, 6) is -1.09. The summed E-state index contributed by atoms with van der Waals surface area (Å²) >= 11 is 0. The molecule has 126 valence electrons. The number of para-hydroxylation sites is 1. The number of nitrogens with zero attached hydrogens (tertiary/aromatic N) is 3. The number of Topliss-reactive ketones (excluding diaryl/α,β-unsaturated/α-hetero) is 1. The van der Waals surface area contributed by atoms with Crippen LogP contribution in [-0.2, 0) is 4.79 Å². The third-order valence-corrected chi connectivity index (χ3v) is 4.53. The third kappa shape index (κ3) is 3.38. The number of ketones is 1. The molecule has 1 N–H and O–H groups in total. The average Bonchev–Trinajstić information content (AvgIpc) is 3.24. The first-order chi connectivity index (χ1) is 11.6. The Balaban J connectivity index is 1.67. The van der Waals surface area contributed by atoms with Crippen molar-refractivity contribution in [2.75, 3.05) is 13.6 Å². The predicted molar refractivity (Wildman–Crippen MR) is 88.9 cm³/mol. The van der Waals surface area contributed by atoms with Crippen molar-refractivity contribution in [2.45, 2.75) is 25.4 Å². The monoisotopic (exact) mass is 327 g/mol. The summed E-state index contributed by atoms with van der Waals surface area (Å²) in [4.78, 5) is 26.1. The molecule has 1 aromatic carbocycles. The number of benzene rings is 1. The van der Waals surface area contributed by atoms with E-state index in [1.807, 2.05) is 30.3 Å². The lowest BCUT2D eigenvalue weighted by Crippen LogP contribution is -2.38. The van der Waals surface area contributed by atoms with Gasteiger partial charge in [-0.05, 0) is 25.0 Å². The molecule has 6 heteroatoms. The molecular formula is C18H21N3O3. The van der Waals surface area contributed by atoms with Crippen molar-refractivity contribution in [3.05, 3.63) is 48.3 Å². The number of aliphatic hydroxyl groups is 1. The molecule has 2 unspecified atom stereocenters. The van der Waals surface area contributed by atoms with E-state index in [1.54, 1.807) is 17.9 Å². The first kappa shape index (κ1) is 16.4. The van der Waals surface area contributed by atoms with Crippen molar-refractivity contribution in [1.82, 2.24) is 14.7 Å². The Hall–Kier alpha value is -2.47. The van der Waals surface area contributed by atoms with Crippen LogP contribution in [0.5, 0.6) is 0 Å². The Labute approximate surface area is 140 Å². The molecule has 1 aliphatic rings. The molecule has 1 heterocycles. The molecule has 1 aromatic heterocycles. The zero-order valence-corrected chi connectivity index (χ0v) is 13.6. The van der Waals surface area contributed by atoms with Gasteiger partial charge in [-0.3, -0.25) is 9.59 Å². The van der Waals surface area contributed by atoms with Gasteiger partial charge in [0.15, 0.2) is 0 Å². The van der Waals surface area contributed by atoms with Crippen LogP contribution >= 0.6 is 0 Å². The molecule has 1 aliphatic carbocycles. The van der Waals surface area contributed by atoms with E-state index in [-0.39, 0.29) is 17.6 Å². The number of likely N-dealkylation sites (N-methyl/N-ethyl adjacent to an activating group) is 1. The molecule has 6 nitrogen and oxygen atoms in total. The molecule has 1 amide bonds. The average molecular weight is 327 g/mol. The van der Waals surface area contributed by atoms with Crippen LogP contribution in [0.15, 0.2) is 42.7 Å². The van der Waals surface area contributed by atoms with Gasteiger partial charge in [0.25, 0.3) is 11.7 Å². The van der Waals surface area contributed by atoms with Crippen LogP contribution < -0.4 is 0 Å². The third-order valence-electron chi connectivity index (χ3n) is 4.53. The van der Waals surface area contributed by atoms with E-state index in [0.717, 1.165) is 24.9 Å². The summed E-state index contributed by atoms with van der Waals surface area (Å²) < 4.78 is 1.57. The standard InChI is InChI=1S/C18H21N3O3/c1-20(11-13-6-5-9-16(13)22)18(24)17(23)14-10-19-21(12-14)15-7-3-2-4-8-15/h2-4,7-8,10,12-13,16,22H,5-6,9,11H2,1H3. The first-order valence-electron chi connectivity index (χ1n) is 8.14. The van der Waals surface area contributed by atoms with Crippen LogP contribution in [0.25, 0.3) is 5.69 Å². The lowest BCUT2D eigenvalue weighted by molar-refractivity contribution is -0.126. The lowest BCUT2D eigenvalue weighted by atomic mass is 10.1. The van der Waals surface area contributed by atoms with Crippen LogP contribution in [0.2, 0.25) is 0 Å². The molecule has 1 saturated carbocycles. The highest BCUT2D eigenvalue weighted by Gasteiger charge is 2.29. The lowest BCUT2D eigenvalue weighted by Gasteiger charge is -2.22. The predicted octanol–water partition coefficient (Wildman–Crippen LogP) is 1.67. The molecule has 0 saturated heterocycles. The van der Waals surface area contributed by atoms with E-state index >= 15 is 0 Å². The number of carbonyl (C=O) groups is 2. The summed E-state index contributed by atoms with van der Waals surface area (Å²) in [6.45, 7) is 0.401. The van der Waals surface area contributed by atoms with Crippen LogP contribution in [-0.4, -0.2) is 51.2 Å². The summed E-state index contributed by atoms with van der Waals surface area (Å²) in [5, 5.41) is 14.0. The second kappa shape index (κ2) is 6.97. The van der Waals surface area contributed by atoms with Gasteiger partial charge in [-0.2, -0.15) is 5.10 Å².